The highest BCUT2D eigenvalue weighted by Gasteiger charge is 2.23. The molecule has 0 radical (unpaired) electrons. The fourth-order valence-corrected chi connectivity index (χ4v) is 4.07. The zero-order valence-electron chi connectivity index (χ0n) is 22.5. The van der Waals surface area contributed by atoms with E-state index in [-0.39, 0.29) is 32.1 Å². The minimum absolute atomic E-state index is 0.0786. The number of ether oxygens (including phenoxy) is 1. The van der Waals surface area contributed by atoms with E-state index in [0.717, 1.165) is 57.8 Å². The molecule has 0 aliphatic rings. The van der Waals surface area contributed by atoms with Gasteiger partial charge in [-0.1, -0.05) is 70.9 Å². The molecular weight excluding hydrogens is 485 g/mol. The maximum absolute atomic E-state index is 11.8. The standard InChI is InChI=1S/C26H50NO8P/c1-3-5-7-8-9-10-11-12-13-14-15-17-19-26(30)33-22-24(28)23-35-36(31,32)34-21-20-27-25(29)18-16-6-4-2/h9-10,24,28H,3-8,11-23H2,1-2H3,(H,27,29)(H,31,32)/b10-9-. The van der Waals surface area contributed by atoms with E-state index in [0.29, 0.717) is 6.42 Å². The molecule has 10 heteroatoms. The number of aliphatic hydroxyl groups excluding tert-OH is 1. The molecule has 0 aromatic rings. The van der Waals surface area contributed by atoms with Crippen molar-refractivity contribution in [3.05, 3.63) is 12.2 Å². The Labute approximate surface area is 218 Å². The van der Waals surface area contributed by atoms with Crippen molar-refractivity contribution in [1.82, 2.24) is 5.32 Å². The van der Waals surface area contributed by atoms with Crippen molar-refractivity contribution in [3.63, 3.8) is 0 Å². The van der Waals surface area contributed by atoms with Gasteiger partial charge in [-0.2, -0.15) is 0 Å². The predicted molar refractivity (Wildman–Crippen MR) is 141 cm³/mol. The number of carbonyl (C=O) groups excluding carboxylic acids is 2. The molecule has 0 saturated heterocycles. The maximum Gasteiger partial charge on any atom is 0.472 e. The van der Waals surface area contributed by atoms with E-state index in [1.165, 1.54) is 25.7 Å². The molecule has 0 aliphatic carbocycles. The number of aliphatic hydroxyl groups is 1. The van der Waals surface area contributed by atoms with Crippen LogP contribution in [0.25, 0.3) is 0 Å². The average molecular weight is 536 g/mol. The van der Waals surface area contributed by atoms with Crippen molar-refractivity contribution in [1.29, 1.82) is 0 Å². The normalized spacial score (nSPS) is 14.0. The molecular formula is C26H50NO8P. The van der Waals surface area contributed by atoms with Crippen LogP contribution < -0.4 is 5.32 Å². The number of allylic oxidation sites excluding steroid dienone is 2. The summed E-state index contributed by atoms with van der Waals surface area (Å²) in [5.41, 5.74) is 0. The number of hydrogen-bond acceptors (Lipinski definition) is 7. The highest BCUT2D eigenvalue weighted by Crippen LogP contribution is 2.42. The van der Waals surface area contributed by atoms with Gasteiger partial charge in [-0.3, -0.25) is 18.6 Å². The summed E-state index contributed by atoms with van der Waals surface area (Å²) in [5.74, 6) is -0.555. The second kappa shape index (κ2) is 24.1. The van der Waals surface area contributed by atoms with Gasteiger partial charge in [-0.25, -0.2) is 4.57 Å². The molecule has 9 nitrogen and oxygen atoms in total. The lowest BCUT2D eigenvalue weighted by atomic mass is 10.1. The van der Waals surface area contributed by atoms with E-state index in [2.05, 4.69) is 24.4 Å². The van der Waals surface area contributed by atoms with Gasteiger partial charge >= 0.3 is 13.8 Å². The Morgan fingerprint density at radius 3 is 2.11 bits per heavy atom. The molecule has 2 atom stereocenters. The van der Waals surface area contributed by atoms with Crippen molar-refractivity contribution in [2.45, 2.75) is 116 Å². The summed E-state index contributed by atoms with van der Waals surface area (Å²) >= 11 is 0. The van der Waals surface area contributed by atoms with Gasteiger partial charge < -0.3 is 20.1 Å². The molecule has 0 heterocycles. The Bertz CT molecular complexity index is 629. The minimum atomic E-state index is -4.38. The van der Waals surface area contributed by atoms with E-state index in [1.54, 1.807) is 0 Å². The van der Waals surface area contributed by atoms with Crippen LogP contribution in [0.5, 0.6) is 0 Å². The lowest BCUT2D eigenvalue weighted by Gasteiger charge is -2.15. The van der Waals surface area contributed by atoms with Crippen LogP contribution >= 0.6 is 7.82 Å². The van der Waals surface area contributed by atoms with Crippen LogP contribution in [0.4, 0.5) is 0 Å². The van der Waals surface area contributed by atoms with Gasteiger partial charge in [0.05, 0.1) is 13.2 Å². The molecule has 0 rings (SSSR count). The number of carbonyl (C=O) groups is 2. The number of unbranched alkanes of at least 4 members (excludes halogenated alkanes) is 10. The smallest absolute Gasteiger partial charge is 0.463 e. The molecule has 0 aliphatic heterocycles. The molecule has 212 valence electrons. The third-order valence-electron chi connectivity index (χ3n) is 5.45. The van der Waals surface area contributed by atoms with Gasteiger partial charge in [-0.05, 0) is 38.5 Å². The van der Waals surface area contributed by atoms with Crippen molar-refractivity contribution in [3.8, 4) is 0 Å². The first-order chi connectivity index (χ1) is 17.3. The Morgan fingerprint density at radius 2 is 1.42 bits per heavy atom. The van der Waals surface area contributed by atoms with E-state index in [4.69, 9.17) is 13.8 Å². The van der Waals surface area contributed by atoms with Gasteiger partial charge in [0.25, 0.3) is 0 Å². The Balaban J connectivity index is 3.68. The van der Waals surface area contributed by atoms with Crippen molar-refractivity contribution < 1.29 is 37.9 Å². The van der Waals surface area contributed by atoms with Crippen LogP contribution in [-0.2, 0) is 27.9 Å². The van der Waals surface area contributed by atoms with Crippen LogP contribution in [0, 0.1) is 0 Å². The minimum Gasteiger partial charge on any atom is -0.463 e. The van der Waals surface area contributed by atoms with Crippen molar-refractivity contribution >= 4 is 19.7 Å². The Kier molecular flexibility index (Phi) is 23.3. The van der Waals surface area contributed by atoms with Gasteiger partial charge in [-0.15, -0.1) is 0 Å². The molecule has 3 N–H and O–H groups in total. The van der Waals surface area contributed by atoms with E-state index in [1.807, 2.05) is 6.92 Å². The fraction of sp³-hybridized carbons (Fsp3) is 0.846. The van der Waals surface area contributed by atoms with E-state index in [9.17, 15) is 24.2 Å². The topological polar surface area (TPSA) is 131 Å². The van der Waals surface area contributed by atoms with Gasteiger partial charge in [0.1, 0.15) is 12.7 Å². The Hall–Kier alpha value is -1.25. The number of hydrogen-bond donors (Lipinski definition) is 3. The number of rotatable bonds is 25. The molecule has 0 aromatic carbocycles. The molecule has 0 bridgehead atoms. The zero-order chi connectivity index (χ0) is 26.9. The number of nitrogens with one attached hydrogen (secondary N) is 1. The molecule has 0 fully saturated rings. The predicted octanol–water partition coefficient (Wildman–Crippen LogP) is 5.59. The summed E-state index contributed by atoms with van der Waals surface area (Å²) in [7, 11) is -4.38. The van der Waals surface area contributed by atoms with Crippen LogP contribution in [0.1, 0.15) is 110 Å². The first kappa shape index (κ1) is 34.8. The molecule has 0 aromatic heterocycles. The van der Waals surface area contributed by atoms with Gasteiger partial charge in [0.2, 0.25) is 5.91 Å². The van der Waals surface area contributed by atoms with Crippen molar-refractivity contribution in [2.75, 3.05) is 26.4 Å². The third-order valence-corrected chi connectivity index (χ3v) is 6.43. The number of esters is 1. The molecule has 0 saturated carbocycles. The number of phosphoric acid groups is 1. The van der Waals surface area contributed by atoms with Crippen LogP contribution in [0.2, 0.25) is 0 Å². The van der Waals surface area contributed by atoms with Crippen molar-refractivity contribution in [2.24, 2.45) is 0 Å². The quantitative estimate of drug-likeness (QED) is 0.0597. The molecule has 0 spiro atoms. The zero-order valence-corrected chi connectivity index (χ0v) is 23.4. The third kappa shape index (κ3) is 24.4. The lowest BCUT2D eigenvalue weighted by Crippen LogP contribution is -2.27. The highest BCUT2D eigenvalue weighted by molar-refractivity contribution is 7.47. The SMILES string of the molecule is CCCCC/C=C\CCCCCCCC(=O)OCC(O)COP(=O)(O)OCCNC(=O)CCCCC. The first-order valence-electron chi connectivity index (χ1n) is 13.7. The van der Waals surface area contributed by atoms with Gasteiger partial charge in [0.15, 0.2) is 0 Å². The van der Waals surface area contributed by atoms with E-state index >= 15 is 0 Å². The maximum atomic E-state index is 11.8. The lowest BCUT2D eigenvalue weighted by molar-refractivity contribution is -0.147. The van der Waals surface area contributed by atoms with Crippen LogP contribution in [-0.4, -0.2) is 54.3 Å². The largest absolute Gasteiger partial charge is 0.472 e. The summed E-state index contributed by atoms with van der Waals surface area (Å²) in [5, 5.41) is 12.4. The second-order valence-corrected chi connectivity index (χ2v) is 10.5. The summed E-state index contributed by atoms with van der Waals surface area (Å²) < 4.78 is 26.3. The number of phosphoric ester groups is 1. The van der Waals surface area contributed by atoms with E-state index < -0.39 is 26.5 Å². The summed E-state index contributed by atoms with van der Waals surface area (Å²) in [6.45, 7) is 3.29. The second-order valence-electron chi connectivity index (χ2n) is 9.02. The average Bonchev–Trinajstić information content (AvgIpc) is 2.85. The summed E-state index contributed by atoms with van der Waals surface area (Å²) in [6.07, 6.45) is 17.9. The highest BCUT2D eigenvalue weighted by atomic mass is 31.2. The van der Waals surface area contributed by atoms with Crippen LogP contribution in [0.15, 0.2) is 12.2 Å². The first-order valence-corrected chi connectivity index (χ1v) is 15.2. The Morgan fingerprint density at radius 1 is 0.833 bits per heavy atom. The summed E-state index contributed by atoms with van der Waals surface area (Å²) in [6, 6.07) is 0. The van der Waals surface area contributed by atoms with Crippen LogP contribution in [0.3, 0.4) is 0 Å². The molecule has 1 amide bonds. The fourth-order valence-electron chi connectivity index (χ4n) is 3.31. The summed E-state index contributed by atoms with van der Waals surface area (Å²) in [4.78, 5) is 33.0. The molecule has 2 unspecified atom stereocenters. The monoisotopic (exact) mass is 535 g/mol. The van der Waals surface area contributed by atoms with Gasteiger partial charge in [0, 0.05) is 19.4 Å². The number of amides is 1. The molecule has 36 heavy (non-hydrogen) atoms.